The minimum atomic E-state index is -0.566. The molecule has 0 bridgehead atoms. The highest BCUT2D eigenvalue weighted by molar-refractivity contribution is 6.31. The second kappa shape index (κ2) is 11.2. The van der Waals surface area contributed by atoms with Crippen LogP contribution in [0.15, 0.2) is 48.5 Å². The number of methoxy groups -OCH3 is 1. The smallest absolute Gasteiger partial charge is 0.243 e. The lowest BCUT2D eigenvalue weighted by molar-refractivity contribution is -0.142. The van der Waals surface area contributed by atoms with E-state index in [1.165, 1.54) is 0 Å². The molecule has 0 aliphatic carbocycles. The number of benzene rings is 2. The van der Waals surface area contributed by atoms with Gasteiger partial charge in [0.15, 0.2) is 0 Å². The van der Waals surface area contributed by atoms with Crippen molar-refractivity contribution < 1.29 is 14.3 Å². The van der Waals surface area contributed by atoms with Crippen LogP contribution in [0.5, 0.6) is 5.75 Å². The van der Waals surface area contributed by atoms with Crippen LogP contribution in [0.1, 0.15) is 51.7 Å². The minimum absolute atomic E-state index is 0.0846. The summed E-state index contributed by atoms with van der Waals surface area (Å²) in [4.78, 5) is 28.0. The molecule has 0 heterocycles. The van der Waals surface area contributed by atoms with Gasteiger partial charge in [-0.15, -0.1) is 0 Å². The van der Waals surface area contributed by atoms with Gasteiger partial charge < -0.3 is 15.0 Å². The highest BCUT2D eigenvalue weighted by Crippen LogP contribution is 2.21. The van der Waals surface area contributed by atoms with Gasteiger partial charge in [-0.3, -0.25) is 9.59 Å². The fourth-order valence-electron chi connectivity index (χ4n) is 3.43. The monoisotopic (exact) mass is 444 g/mol. The normalized spacial score (nSPS) is 12.2. The molecule has 0 unspecified atom stereocenters. The molecule has 0 aromatic heterocycles. The van der Waals surface area contributed by atoms with Gasteiger partial charge in [0.2, 0.25) is 11.8 Å². The molecule has 0 aliphatic rings. The summed E-state index contributed by atoms with van der Waals surface area (Å²) < 4.78 is 5.32. The summed E-state index contributed by atoms with van der Waals surface area (Å²) in [5.74, 6) is 0.482. The molecule has 168 valence electrons. The van der Waals surface area contributed by atoms with Crippen LogP contribution in [0.25, 0.3) is 0 Å². The summed E-state index contributed by atoms with van der Waals surface area (Å²) in [6.45, 7) is 8.05. The molecule has 0 saturated carbocycles. The summed E-state index contributed by atoms with van der Waals surface area (Å²) in [6.07, 6.45) is 1.31. The van der Waals surface area contributed by atoms with Gasteiger partial charge in [0, 0.05) is 23.5 Å². The second-order valence-corrected chi connectivity index (χ2v) is 9.04. The van der Waals surface area contributed by atoms with E-state index in [0.717, 1.165) is 11.1 Å². The van der Waals surface area contributed by atoms with Crippen LogP contribution in [0.3, 0.4) is 0 Å². The van der Waals surface area contributed by atoms with Crippen molar-refractivity contribution in [3.63, 3.8) is 0 Å². The molecule has 2 rings (SSSR count). The number of carbonyl (C=O) groups is 2. The maximum atomic E-state index is 13.3. The molecule has 2 amide bonds. The van der Waals surface area contributed by atoms with Crippen LogP contribution in [-0.4, -0.2) is 35.4 Å². The SMILES string of the molecule is CC[C@@H](C(=O)NC(C)(C)C)N(Cc1cccc(OC)c1)C(=O)CCc1ccccc1Cl. The predicted molar refractivity (Wildman–Crippen MR) is 125 cm³/mol. The quantitative estimate of drug-likeness (QED) is 0.591. The third-order valence-electron chi connectivity index (χ3n) is 4.94. The average molecular weight is 445 g/mol. The van der Waals surface area contributed by atoms with E-state index in [1.54, 1.807) is 12.0 Å². The number of halogens is 1. The predicted octanol–water partition coefficient (Wildman–Crippen LogP) is 5.00. The zero-order valence-corrected chi connectivity index (χ0v) is 19.8. The van der Waals surface area contributed by atoms with Crippen molar-refractivity contribution in [3.05, 3.63) is 64.7 Å². The lowest BCUT2D eigenvalue weighted by Gasteiger charge is -2.33. The molecular weight excluding hydrogens is 412 g/mol. The fraction of sp³-hybridized carbons (Fsp3) is 0.440. The standard InChI is InChI=1S/C25H33ClN2O3/c1-6-22(24(30)27-25(2,3)4)28(17-18-10-9-12-20(16-18)31-5)23(29)15-14-19-11-7-8-13-21(19)26/h7-13,16,22H,6,14-15,17H2,1-5H3,(H,27,30)/t22-/m0/s1. The van der Waals surface area contributed by atoms with Crippen LogP contribution in [-0.2, 0) is 22.6 Å². The van der Waals surface area contributed by atoms with Crippen LogP contribution in [0.2, 0.25) is 5.02 Å². The van der Waals surface area contributed by atoms with E-state index in [4.69, 9.17) is 16.3 Å². The maximum Gasteiger partial charge on any atom is 0.243 e. The molecular formula is C25H33ClN2O3. The topological polar surface area (TPSA) is 58.6 Å². The number of aryl methyl sites for hydroxylation is 1. The molecule has 2 aromatic carbocycles. The first-order valence-electron chi connectivity index (χ1n) is 10.6. The van der Waals surface area contributed by atoms with Crippen molar-refractivity contribution in [2.75, 3.05) is 7.11 Å². The molecule has 0 fully saturated rings. The first-order valence-corrected chi connectivity index (χ1v) is 11.0. The average Bonchev–Trinajstić information content (AvgIpc) is 2.71. The molecule has 2 aromatic rings. The van der Waals surface area contributed by atoms with Crippen molar-refractivity contribution in [3.8, 4) is 5.75 Å². The molecule has 1 N–H and O–H groups in total. The summed E-state index contributed by atoms with van der Waals surface area (Å²) in [5, 5.41) is 3.66. The summed E-state index contributed by atoms with van der Waals surface area (Å²) in [7, 11) is 1.61. The van der Waals surface area contributed by atoms with Gasteiger partial charge in [0.1, 0.15) is 11.8 Å². The van der Waals surface area contributed by atoms with Crippen LogP contribution >= 0.6 is 11.6 Å². The molecule has 6 heteroatoms. The van der Waals surface area contributed by atoms with Gasteiger partial charge in [-0.2, -0.15) is 0 Å². The van der Waals surface area contributed by atoms with Gasteiger partial charge in [0.05, 0.1) is 7.11 Å². The molecule has 5 nitrogen and oxygen atoms in total. The number of amides is 2. The van der Waals surface area contributed by atoms with Crippen LogP contribution < -0.4 is 10.1 Å². The first-order chi connectivity index (χ1) is 14.6. The van der Waals surface area contributed by atoms with Crippen molar-refractivity contribution >= 4 is 23.4 Å². The summed E-state index contributed by atoms with van der Waals surface area (Å²) >= 11 is 6.26. The Morgan fingerprint density at radius 3 is 2.45 bits per heavy atom. The van der Waals surface area contributed by atoms with Crippen molar-refractivity contribution in [1.82, 2.24) is 10.2 Å². The third kappa shape index (κ3) is 7.59. The van der Waals surface area contributed by atoms with E-state index >= 15 is 0 Å². The Balaban J connectivity index is 2.27. The van der Waals surface area contributed by atoms with Crippen molar-refractivity contribution in [2.24, 2.45) is 0 Å². The third-order valence-corrected chi connectivity index (χ3v) is 5.31. The van der Waals surface area contributed by atoms with Crippen LogP contribution in [0, 0.1) is 0 Å². The largest absolute Gasteiger partial charge is 0.497 e. The van der Waals surface area contributed by atoms with E-state index in [0.29, 0.717) is 30.2 Å². The number of nitrogens with zero attached hydrogens (tertiary/aromatic N) is 1. The van der Waals surface area contributed by atoms with E-state index < -0.39 is 6.04 Å². The summed E-state index contributed by atoms with van der Waals surface area (Å²) in [6, 6.07) is 14.5. The first kappa shape index (κ1) is 24.7. The number of carbonyl (C=O) groups excluding carboxylic acids is 2. The zero-order valence-electron chi connectivity index (χ0n) is 19.1. The van der Waals surface area contributed by atoms with Crippen molar-refractivity contribution in [2.45, 2.75) is 65.1 Å². The zero-order chi connectivity index (χ0) is 23.0. The number of rotatable bonds is 9. The Morgan fingerprint density at radius 2 is 1.84 bits per heavy atom. The van der Waals surface area contributed by atoms with E-state index in [9.17, 15) is 9.59 Å². The number of hydrogen-bond donors (Lipinski definition) is 1. The Hall–Kier alpha value is -2.53. The molecule has 0 aliphatic heterocycles. The summed E-state index contributed by atoms with van der Waals surface area (Å²) in [5.41, 5.74) is 1.45. The Labute approximate surface area is 190 Å². The lowest BCUT2D eigenvalue weighted by Crippen LogP contribution is -2.53. The van der Waals surface area contributed by atoms with E-state index in [-0.39, 0.29) is 23.8 Å². The minimum Gasteiger partial charge on any atom is -0.497 e. The van der Waals surface area contributed by atoms with Crippen LogP contribution in [0.4, 0.5) is 0 Å². The lowest BCUT2D eigenvalue weighted by atomic mass is 10.0. The van der Waals surface area contributed by atoms with Gasteiger partial charge in [-0.1, -0.05) is 48.9 Å². The molecule has 31 heavy (non-hydrogen) atoms. The van der Waals surface area contributed by atoms with Gasteiger partial charge in [0.25, 0.3) is 0 Å². The highest BCUT2D eigenvalue weighted by atomic mass is 35.5. The number of hydrogen-bond acceptors (Lipinski definition) is 3. The van der Waals surface area contributed by atoms with E-state index in [2.05, 4.69) is 5.32 Å². The molecule has 1 atom stereocenters. The Morgan fingerprint density at radius 1 is 1.13 bits per heavy atom. The second-order valence-electron chi connectivity index (χ2n) is 8.63. The highest BCUT2D eigenvalue weighted by Gasteiger charge is 2.30. The maximum absolute atomic E-state index is 13.3. The molecule has 0 saturated heterocycles. The Bertz CT molecular complexity index is 892. The van der Waals surface area contributed by atoms with Gasteiger partial charge in [-0.05, 0) is 62.9 Å². The fourth-order valence-corrected chi connectivity index (χ4v) is 3.66. The Kier molecular flexibility index (Phi) is 8.93. The van der Waals surface area contributed by atoms with Gasteiger partial charge >= 0.3 is 0 Å². The number of ether oxygens (including phenoxy) is 1. The molecule has 0 spiro atoms. The van der Waals surface area contributed by atoms with Gasteiger partial charge in [-0.25, -0.2) is 0 Å². The molecule has 0 radical (unpaired) electrons. The number of nitrogens with one attached hydrogen (secondary N) is 1. The van der Waals surface area contributed by atoms with Crippen molar-refractivity contribution in [1.29, 1.82) is 0 Å². The van der Waals surface area contributed by atoms with E-state index in [1.807, 2.05) is 76.2 Å².